The Bertz CT molecular complexity index is 682. The van der Waals surface area contributed by atoms with Crippen molar-refractivity contribution in [3.63, 3.8) is 0 Å². The largest absolute Gasteiger partial charge is 0.481 e. The summed E-state index contributed by atoms with van der Waals surface area (Å²) in [6.45, 7) is 2.08. The van der Waals surface area contributed by atoms with Gasteiger partial charge in [-0.25, -0.2) is 0 Å². The Morgan fingerprint density at radius 1 is 1.39 bits per heavy atom. The standard InChI is InChI=1S/C22H31BrO4S/c1-15-14-19(23)21(28-15)13-11-17(24)10-8-16-9-12-20(25)18(16)6-4-2-3-5-7-22(26)27/h2,4,8,10,14,16-18,20,24-25H,3,5-7,9,11-13H2,1H3,(H,26,27)/b4-2-,10-8+/t16-,17+,18+,20?/m0/s1. The van der Waals surface area contributed by atoms with Crippen LogP contribution in [-0.2, 0) is 11.2 Å². The third-order valence-corrected chi connectivity index (χ3v) is 7.38. The van der Waals surface area contributed by atoms with E-state index in [4.69, 9.17) is 5.11 Å². The maximum Gasteiger partial charge on any atom is 0.303 e. The van der Waals surface area contributed by atoms with Gasteiger partial charge < -0.3 is 15.3 Å². The molecule has 1 aromatic rings. The van der Waals surface area contributed by atoms with Gasteiger partial charge in [-0.1, -0.05) is 24.3 Å². The van der Waals surface area contributed by atoms with Crippen molar-refractivity contribution in [2.24, 2.45) is 11.8 Å². The van der Waals surface area contributed by atoms with Crippen LogP contribution in [0.3, 0.4) is 0 Å². The van der Waals surface area contributed by atoms with E-state index in [1.54, 1.807) is 11.3 Å². The van der Waals surface area contributed by atoms with Crippen molar-refractivity contribution in [3.05, 3.63) is 44.6 Å². The van der Waals surface area contributed by atoms with Crippen LogP contribution in [0.2, 0.25) is 0 Å². The number of allylic oxidation sites excluding steroid dienone is 3. The van der Waals surface area contributed by atoms with E-state index in [9.17, 15) is 15.0 Å². The lowest BCUT2D eigenvalue weighted by atomic mass is 9.90. The first kappa shape index (κ1) is 23.3. The van der Waals surface area contributed by atoms with Gasteiger partial charge in [-0.2, -0.15) is 0 Å². The van der Waals surface area contributed by atoms with Gasteiger partial charge in [0.15, 0.2) is 0 Å². The van der Waals surface area contributed by atoms with Gasteiger partial charge in [0.1, 0.15) is 0 Å². The van der Waals surface area contributed by atoms with Crippen LogP contribution < -0.4 is 0 Å². The molecule has 0 saturated heterocycles. The quantitative estimate of drug-likeness (QED) is 0.304. The first-order valence-corrected chi connectivity index (χ1v) is 11.6. The lowest BCUT2D eigenvalue weighted by Gasteiger charge is -2.18. The molecular weight excluding hydrogens is 440 g/mol. The third kappa shape index (κ3) is 7.82. The number of thiophene rings is 1. The molecule has 1 heterocycles. The van der Waals surface area contributed by atoms with Crippen LogP contribution in [0, 0.1) is 18.8 Å². The van der Waals surface area contributed by atoms with Crippen LogP contribution >= 0.6 is 27.3 Å². The van der Waals surface area contributed by atoms with Crippen molar-refractivity contribution in [1.29, 1.82) is 0 Å². The summed E-state index contributed by atoms with van der Waals surface area (Å²) < 4.78 is 1.13. The number of halogens is 1. The van der Waals surface area contributed by atoms with Crippen molar-refractivity contribution < 1.29 is 20.1 Å². The smallest absolute Gasteiger partial charge is 0.303 e. The van der Waals surface area contributed by atoms with Gasteiger partial charge in [-0.05, 0) is 85.7 Å². The van der Waals surface area contributed by atoms with Crippen molar-refractivity contribution in [2.45, 2.75) is 70.5 Å². The highest BCUT2D eigenvalue weighted by atomic mass is 79.9. The highest BCUT2D eigenvalue weighted by Gasteiger charge is 2.32. The van der Waals surface area contributed by atoms with Crippen molar-refractivity contribution in [2.75, 3.05) is 0 Å². The minimum atomic E-state index is -0.759. The first-order chi connectivity index (χ1) is 13.4. The third-order valence-electron chi connectivity index (χ3n) is 5.30. The molecule has 0 amide bonds. The summed E-state index contributed by atoms with van der Waals surface area (Å²) in [6, 6.07) is 2.11. The maximum atomic E-state index is 10.5. The monoisotopic (exact) mass is 470 g/mol. The van der Waals surface area contributed by atoms with E-state index in [-0.39, 0.29) is 24.4 Å². The lowest BCUT2D eigenvalue weighted by molar-refractivity contribution is -0.137. The second-order valence-electron chi connectivity index (χ2n) is 7.58. The van der Waals surface area contributed by atoms with Crippen LogP contribution in [0.4, 0.5) is 0 Å². The molecule has 1 unspecified atom stereocenters. The Morgan fingerprint density at radius 3 is 2.86 bits per heavy atom. The molecule has 28 heavy (non-hydrogen) atoms. The number of aliphatic hydroxyl groups is 2. The summed E-state index contributed by atoms with van der Waals surface area (Å²) >= 11 is 5.33. The molecule has 3 N–H and O–H groups in total. The van der Waals surface area contributed by atoms with Gasteiger partial charge in [-0.15, -0.1) is 11.3 Å². The van der Waals surface area contributed by atoms with Gasteiger partial charge in [-0.3, -0.25) is 4.79 Å². The van der Waals surface area contributed by atoms with Crippen molar-refractivity contribution in [3.8, 4) is 0 Å². The number of aliphatic hydroxyl groups excluding tert-OH is 2. The normalized spacial score (nSPS) is 23.8. The number of unbranched alkanes of at least 4 members (excludes halogenated alkanes) is 1. The molecule has 1 saturated carbocycles. The van der Waals surface area contributed by atoms with E-state index < -0.39 is 12.1 Å². The summed E-state index contributed by atoms with van der Waals surface area (Å²) in [5, 5.41) is 29.2. The fraction of sp³-hybridized carbons (Fsp3) is 0.591. The predicted molar refractivity (Wildman–Crippen MR) is 118 cm³/mol. The summed E-state index contributed by atoms with van der Waals surface area (Å²) in [4.78, 5) is 13.1. The van der Waals surface area contributed by atoms with Gasteiger partial charge >= 0.3 is 5.97 Å². The molecule has 1 aromatic heterocycles. The minimum Gasteiger partial charge on any atom is -0.481 e. The lowest BCUT2D eigenvalue weighted by Crippen LogP contribution is -2.17. The van der Waals surface area contributed by atoms with E-state index in [0.29, 0.717) is 12.8 Å². The SMILES string of the molecule is Cc1cc(Br)c(CC[C@H](O)/C=C/[C@H]2CCC(O)[C@@H]2C/C=C\CCCC(=O)O)s1. The van der Waals surface area contributed by atoms with Gasteiger partial charge in [0, 0.05) is 20.6 Å². The molecule has 4 atom stereocenters. The molecule has 1 aliphatic carbocycles. The van der Waals surface area contributed by atoms with Gasteiger partial charge in [0.2, 0.25) is 0 Å². The average molecular weight is 471 g/mol. The fourth-order valence-corrected chi connectivity index (χ4v) is 5.62. The molecule has 1 aliphatic rings. The highest BCUT2D eigenvalue weighted by Crippen LogP contribution is 2.36. The topological polar surface area (TPSA) is 77.8 Å². The van der Waals surface area contributed by atoms with E-state index >= 15 is 0 Å². The molecule has 0 bridgehead atoms. The number of carboxylic acid groups (broad SMARTS) is 1. The highest BCUT2D eigenvalue weighted by molar-refractivity contribution is 9.10. The molecule has 0 spiro atoms. The van der Waals surface area contributed by atoms with Crippen molar-refractivity contribution in [1.82, 2.24) is 0 Å². The number of aryl methyl sites for hydroxylation is 2. The van der Waals surface area contributed by atoms with E-state index in [0.717, 1.165) is 36.6 Å². The van der Waals surface area contributed by atoms with Crippen LogP contribution in [-0.4, -0.2) is 33.5 Å². The van der Waals surface area contributed by atoms with Crippen molar-refractivity contribution >= 4 is 33.2 Å². The zero-order valence-electron chi connectivity index (χ0n) is 16.4. The Morgan fingerprint density at radius 2 is 2.18 bits per heavy atom. The zero-order chi connectivity index (χ0) is 20.5. The van der Waals surface area contributed by atoms with Crippen LogP contribution in [0.5, 0.6) is 0 Å². The number of carbonyl (C=O) groups is 1. The Labute approximate surface area is 180 Å². The average Bonchev–Trinajstić information content (AvgIpc) is 3.15. The van der Waals surface area contributed by atoms with Crippen LogP contribution in [0.1, 0.15) is 54.7 Å². The number of hydrogen-bond acceptors (Lipinski definition) is 4. The molecule has 0 aliphatic heterocycles. The number of hydrogen-bond donors (Lipinski definition) is 3. The minimum absolute atomic E-state index is 0.174. The molecule has 6 heteroatoms. The van der Waals surface area contributed by atoms with Gasteiger partial charge in [0.25, 0.3) is 0 Å². The molecule has 0 aromatic carbocycles. The molecule has 4 nitrogen and oxygen atoms in total. The summed E-state index contributed by atoms with van der Waals surface area (Å²) in [5.74, 6) is -0.303. The summed E-state index contributed by atoms with van der Waals surface area (Å²) in [6.07, 6.45) is 12.9. The second-order valence-corrected chi connectivity index (χ2v) is 9.78. The zero-order valence-corrected chi connectivity index (χ0v) is 18.8. The molecule has 156 valence electrons. The van der Waals surface area contributed by atoms with E-state index in [2.05, 4.69) is 41.1 Å². The van der Waals surface area contributed by atoms with Crippen LogP contribution in [0.25, 0.3) is 0 Å². The van der Waals surface area contributed by atoms with Gasteiger partial charge in [0.05, 0.1) is 12.2 Å². The second kappa shape index (κ2) is 11.9. The maximum absolute atomic E-state index is 10.5. The number of aliphatic carboxylic acids is 1. The Hall–Kier alpha value is -0.950. The Balaban J connectivity index is 1.77. The number of rotatable bonds is 11. The Kier molecular flexibility index (Phi) is 9.92. The molecule has 2 rings (SSSR count). The first-order valence-electron chi connectivity index (χ1n) is 10.0. The molecular formula is C22H31BrO4S. The van der Waals surface area contributed by atoms with E-state index in [1.807, 2.05) is 12.2 Å². The predicted octanol–water partition coefficient (Wildman–Crippen LogP) is 5.26. The van der Waals surface area contributed by atoms with Crippen LogP contribution in [0.15, 0.2) is 34.8 Å². The van der Waals surface area contributed by atoms with E-state index in [1.165, 1.54) is 9.75 Å². The fourth-order valence-electron chi connectivity index (χ4n) is 3.74. The summed E-state index contributed by atoms with van der Waals surface area (Å²) in [7, 11) is 0. The molecule has 1 fully saturated rings. The molecule has 0 radical (unpaired) electrons. The summed E-state index contributed by atoms with van der Waals surface area (Å²) in [5.41, 5.74) is 0. The number of carboxylic acids is 1.